The van der Waals surface area contributed by atoms with Crippen LogP contribution >= 0.6 is 12.2 Å². The van der Waals surface area contributed by atoms with Crippen LogP contribution in [0.5, 0.6) is 0 Å². The SMILES string of the molecule is Cc1cccc(CN2CCC(C)(C(N)=S)CC2)c1. The van der Waals surface area contributed by atoms with Gasteiger partial charge in [0.15, 0.2) is 0 Å². The van der Waals surface area contributed by atoms with Crippen molar-refractivity contribution in [2.24, 2.45) is 11.1 Å². The summed E-state index contributed by atoms with van der Waals surface area (Å²) in [5, 5.41) is 0. The lowest BCUT2D eigenvalue weighted by atomic mass is 9.80. The van der Waals surface area contributed by atoms with Gasteiger partial charge in [-0.1, -0.05) is 49.0 Å². The molecule has 18 heavy (non-hydrogen) atoms. The molecule has 2 nitrogen and oxygen atoms in total. The molecule has 1 aliphatic rings. The Morgan fingerprint density at radius 2 is 2.06 bits per heavy atom. The molecule has 0 unspecified atom stereocenters. The average molecular weight is 262 g/mol. The van der Waals surface area contributed by atoms with Gasteiger partial charge in [-0.25, -0.2) is 0 Å². The zero-order valence-corrected chi connectivity index (χ0v) is 12.1. The van der Waals surface area contributed by atoms with Gasteiger partial charge in [0.05, 0.1) is 4.99 Å². The lowest BCUT2D eigenvalue weighted by Gasteiger charge is -2.38. The highest BCUT2D eigenvalue weighted by atomic mass is 32.1. The minimum absolute atomic E-state index is 0.0679. The number of thiocarbonyl (C=S) groups is 1. The quantitative estimate of drug-likeness (QED) is 0.849. The molecule has 1 aliphatic heterocycles. The smallest absolute Gasteiger partial charge is 0.0788 e. The number of likely N-dealkylation sites (tertiary alicyclic amines) is 1. The van der Waals surface area contributed by atoms with E-state index in [1.165, 1.54) is 11.1 Å². The number of aryl methyl sites for hydroxylation is 1. The average Bonchev–Trinajstić information content (AvgIpc) is 2.32. The third kappa shape index (κ3) is 3.09. The Labute approximate surface area is 115 Å². The van der Waals surface area contributed by atoms with Crippen LogP contribution in [0.4, 0.5) is 0 Å². The number of nitrogens with zero attached hydrogens (tertiary/aromatic N) is 1. The van der Waals surface area contributed by atoms with Gasteiger partial charge in [-0.3, -0.25) is 4.90 Å². The summed E-state index contributed by atoms with van der Waals surface area (Å²) >= 11 is 5.17. The van der Waals surface area contributed by atoms with Crippen molar-refractivity contribution in [3.63, 3.8) is 0 Å². The normalized spacial score (nSPS) is 19.7. The number of hydrogen-bond acceptors (Lipinski definition) is 2. The summed E-state index contributed by atoms with van der Waals surface area (Å²) in [4.78, 5) is 3.17. The van der Waals surface area contributed by atoms with Gasteiger partial charge < -0.3 is 5.73 Å². The molecule has 0 spiro atoms. The minimum Gasteiger partial charge on any atom is -0.393 e. The second-order valence-electron chi connectivity index (χ2n) is 5.69. The van der Waals surface area contributed by atoms with Gasteiger partial charge in [0.2, 0.25) is 0 Å². The Morgan fingerprint density at radius 1 is 1.39 bits per heavy atom. The molecule has 3 heteroatoms. The third-order valence-corrected chi connectivity index (χ3v) is 4.54. The van der Waals surface area contributed by atoms with E-state index in [1.807, 2.05) is 0 Å². The molecule has 0 saturated carbocycles. The highest BCUT2D eigenvalue weighted by Gasteiger charge is 2.32. The van der Waals surface area contributed by atoms with Crippen molar-refractivity contribution in [3.8, 4) is 0 Å². The molecule has 0 atom stereocenters. The van der Waals surface area contributed by atoms with Crippen LogP contribution in [0.1, 0.15) is 30.9 Å². The molecule has 2 N–H and O–H groups in total. The first-order valence-corrected chi connectivity index (χ1v) is 6.98. The molecule has 0 bridgehead atoms. The highest BCUT2D eigenvalue weighted by molar-refractivity contribution is 7.80. The Kier molecular flexibility index (Phi) is 4.03. The van der Waals surface area contributed by atoms with E-state index in [-0.39, 0.29) is 5.41 Å². The summed E-state index contributed by atoms with van der Waals surface area (Å²) in [7, 11) is 0. The number of nitrogens with two attached hydrogens (primary N) is 1. The Bertz CT molecular complexity index is 434. The molecule has 1 aromatic carbocycles. The predicted octanol–water partition coefficient (Wildman–Crippen LogP) is 2.88. The number of benzene rings is 1. The van der Waals surface area contributed by atoms with Gasteiger partial charge in [0.1, 0.15) is 0 Å². The summed E-state index contributed by atoms with van der Waals surface area (Å²) in [5.74, 6) is 0. The van der Waals surface area contributed by atoms with E-state index < -0.39 is 0 Å². The molecule has 0 aliphatic carbocycles. The van der Waals surface area contributed by atoms with Gasteiger partial charge in [-0.05, 0) is 38.4 Å². The Hall–Kier alpha value is -0.930. The Balaban J connectivity index is 1.93. The molecule has 1 heterocycles. The van der Waals surface area contributed by atoms with Gasteiger partial charge >= 0.3 is 0 Å². The van der Waals surface area contributed by atoms with E-state index in [0.29, 0.717) is 4.99 Å². The molecular formula is C15H22N2S. The van der Waals surface area contributed by atoms with E-state index in [9.17, 15) is 0 Å². The lowest BCUT2D eigenvalue weighted by molar-refractivity contribution is 0.158. The summed E-state index contributed by atoms with van der Waals surface area (Å²) in [6.45, 7) is 7.54. The fourth-order valence-corrected chi connectivity index (χ4v) is 2.72. The molecular weight excluding hydrogens is 240 g/mol. The first kappa shape index (κ1) is 13.5. The lowest BCUT2D eigenvalue weighted by Crippen LogP contribution is -2.44. The van der Waals surface area contributed by atoms with Gasteiger partial charge in [0, 0.05) is 12.0 Å². The molecule has 0 aromatic heterocycles. The summed E-state index contributed by atoms with van der Waals surface area (Å²) in [5.41, 5.74) is 8.63. The topological polar surface area (TPSA) is 29.3 Å². The van der Waals surface area contributed by atoms with Crippen LogP contribution in [-0.4, -0.2) is 23.0 Å². The fourth-order valence-electron chi connectivity index (χ4n) is 2.52. The van der Waals surface area contributed by atoms with Crippen molar-refractivity contribution in [2.75, 3.05) is 13.1 Å². The van der Waals surface area contributed by atoms with Crippen LogP contribution in [0.2, 0.25) is 0 Å². The largest absolute Gasteiger partial charge is 0.393 e. The summed E-state index contributed by atoms with van der Waals surface area (Å²) in [6.07, 6.45) is 2.16. The Morgan fingerprint density at radius 3 is 2.61 bits per heavy atom. The second-order valence-corrected chi connectivity index (χ2v) is 6.13. The molecule has 0 amide bonds. The first-order valence-electron chi connectivity index (χ1n) is 6.57. The van der Waals surface area contributed by atoms with Crippen LogP contribution in [0.25, 0.3) is 0 Å². The van der Waals surface area contributed by atoms with E-state index in [0.717, 1.165) is 32.5 Å². The van der Waals surface area contributed by atoms with Crippen molar-refractivity contribution >= 4 is 17.2 Å². The van der Waals surface area contributed by atoms with Crippen molar-refractivity contribution in [3.05, 3.63) is 35.4 Å². The maximum absolute atomic E-state index is 5.83. The number of rotatable bonds is 3. The van der Waals surface area contributed by atoms with E-state index in [1.54, 1.807) is 0 Å². The first-order chi connectivity index (χ1) is 8.49. The van der Waals surface area contributed by atoms with E-state index >= 15 is 0 Å². The van der Waals surface area contributed by atoms with Crippen LogP contribution in [0.15, 0.2) is 24.3 Å². The van der Waals surface area contributed by atoms with Crippen LogP contribution in [0.3, 0.4) is 0 Å². The monoisotopic (exact) mass is 262 g/mol. The number of piperidine rings is 1. The molecule has 1 saturated heterocycles. The van der Waals surface area contributed by atoms with Crippen LogP contribution in [-0.2, 0) is 6.54 Å². The summed E-state index contributed by atoms with van der Waals surface area (Å²) < 4.78 is 0. The molecule has 2 rings (SSSR count). The molecule has 98 valence electrons. The fraction of sp³-hybridized carbons (Fsp3) is 0.533. The van der Waals surface area contributed by atoms with Crippen molar-refractivity contribution < 1.29 is 0 Å². The van der Waals surface area contributed by atoms with Crippen molar-refractivity contribution in [2.45, 2.75) is 33.2 Å². The zero-order chi connectivity index (χ0) is 13.2. The summed E-state index contributed by atoms with van der Waals surface area (Å²) in [6, 6.07) is 8.74. The van der Waals surface area contributed by atoms with Crippen LogP contribution in [0, 0.1) is 12.3 Å². The maximum atomic E-state index is 5.83. The second kappa shape index (κ2) is 5.37. The predicted molar refractivity (Wildman–Crippen MR) is 80.6 cm³/mol. The molecule has 0 radical (unpaired) electrons. The molecule has 1 fully saturated rings. The van der Waals surface area contributed by atoms with Gasteiger partial charge in [0.25, 0.3) is 0 Å². The van der Waals surface area contributed by atoms with Gasteiger partial charge in [-0.15, -0.1) is 0 Å². The van der Waals surface area contributed by atoms with E-state index in [4.69, 9.17) is 18.0 Å². The number of hydrogen-bond donors (Lipinski definition) is 1. The van der Waals surface area contributed by atoms with E-state index in [2.05, 4.69) is 43.0 Å². The van der Waals surface area contributed by atoms with Crippen LogP contribution < -0.4 is 5.73 Å². The molecule has 1 aromatic rings. The maximum Gasteiger partial charge on any atom is 0.0788 e. The zero-order valence-electron chi connectivity index (χ0n) is 11.3. The highest BCUT2D eigenvalue weighted by Crippen LogP contribution is 2.31. The minimum atomic E-state index is 0.0679. The standard InChI is InChI=1S/C15H22N2S/c1-12-4-3-5-13(10-12)11-17-8-6-15(2,7-9-17)14(16)18/h3-5,10H,6-9,11H2,1-2H3,(H2,16,18). The third-order valence-electron chi connectivity index (χ3n) is 4.04. The van der Waals surface area contributed by atoms with Crippen molar-refractivity contribution in [1.29, 1.82) is 0 Å². The van der Waals surface area contributed by atoms with Gasteiger partial charge in [-0.2, -0.15) is 0 Å². The van der Waals surface area contributed by atoms with Crippen molar-refractivity contribution in [1.82, 2.24) is 4.90 Å².